The van der Waals surface area contributed by atoms with Crippen molar-refractivity contribution in [2.45, 2.75) is 39.7 Å². The molecule has 0 aliphatic rings. The molecule has 1 aromatic rings. The van der Waals surface area contributed by atoms with Crippen molar-refractivity contribution in [1.82, 2.24) is 4.90 Å². The molecule has 1 N–H and O–H groups in total. The third kappa shape index (κ3) is 2.78. The smallest absolute Gasteiger partial charge is 0.334 e. The number of hydrogen-bond acceptors (Lipinski definition) is 2. The molecule has 0 radical (unpaired) electrons. The molecule has 19 heavy (non-hydrogen) atoms. The van der Waals surface area contributed by atoms with Crippen molar-refractivity contribution in [2.75, 3.05) is 6.54 Å². The SMILES string of the molecule is CCCN(C(C)=O)C(C)(C(=O)O)c1ccccc1C. The Morgan fingerprint density at radius 3 is 2.32 bits per heavy atom. The van der Waals surface area contributed by atoms with Crippen molar-refractivity contribution < 1.29 is 14.7 Å². The molecule has 1 amide bonds. The molecule has 0 aromatic heterocycles. The van der Waals surface area contributed by atoms with Crippen molar-refractivity contribution in [3.8, 4) is 0 Å². The predicted molar refractivity (Wildman–Crippen MR) is 73.8 cm³/mol. The molecule has 0 fully saturated rings. The van der Waals surface area contributed by atoms with Crippen LogP contribution in [0.5, 0.6) is 0 Å². The van der Waals surface area contributed by atoms with E-state index in [-0.39, 0.29) is 5.91 Å². The van der Waals surface area contributed by atoms with Gasteiger partial charge >= 0.3 is 5.97 Å². The van der Waals surface area contributed by atoms with Gasteiger partial charge in [0, 0.05) is 13.5 Å². The number of rotatable bonds is 5. The summed E-state index contributed by atoms with van der Waals surface area (Å²) in [7, 11) is 0. The van der Waals surface area contributed by atoms with E-state index < -0.39 is 11.5 Å². The molecule has 0 spiro atoms. The van der Waals surface area contributed by atoms with Crippen LogP contribution in [0.4, 0.5) is 0 Å². The van der Waals surface area contributed by atoms with Gasteiger partial charge in [-0.25, -0.2) is 4.79 Å². The molecular weight excluding hydrogens is 242 g/mol. The summed E-state index contributed by atoms with van der Waals surface area (Å²) in [4.78, 5) is 25.1. The Balaban J connectivity index is 3.43. The summed E-state index contributed by atoms with van der Waals surface area (Å²) in [6.45, 7) is 7.22. The summed E-state index contributed by atoms with van der Waals surface area (Å²) in [6, 6.07) is 7.29. The molecule has 0 bridgehead atoms. The van der Waals surface area contributed by atoms with E-state index in [1.807, 2.05) is 26.0 Å². The van der Waals surface area contributed by atoms with Gasteiger partial charge in [-0.1, -0.05) is 31.2 Å². The van der Waals surface area contributed by atoms with Gasteiger partial charge in [-0.05, 0) is 31.4 Å². The predicted octanol–water partition coefficient (Wildman–Crippen LogP) is 2.55. The van der Waals surface area contributed by atoms with Crippen molar-refractivity contribution in [3.05, 3.63) is 35.4 Å². The van der Waals surface area contributed by atoms with Crippen molar-refractivity contribution in [2.24, 2.45) is 0 Å². The number of carboxylic acids is 1. The first-order valence-electron chi connectivity index (χ1n) is 6.43. The Morgan fingerprint density at radius 1 is 1.32 bits per heavy atom. The lowest BCUT2D eigenvalue weighted by molar-refractivity contribution is -0.158. The lowest BCUT2D eigenvalue weighted by Crippen LogP contribution is -2.52. The van der Waals surface area contributed by atoms with Crippen LogP contribution in [0.15, 0.2) is 24.3 Å². The summed E-state index contributed by atoms with van der Waals surface area (Å²) in [5, 5.41) is 9.66. The molecule has 1 aromatic carbocycles. The molecule has 4 heteroatoms. The van der Waals surface area contributed by atoms with Gasteiger partial charge in [-0.15, -0.1) is 0 Å². The highest BCUT2D eigenvalue weighted by Gasteiger charge is 2.43. The number of benzene rings is 1. The zero-order chi connectivity index (χ0) is 14.6. The van der Waals surface area contributed by atoms with Crippen LogP contribution in [0.2, 0.25) is 0 Å². The number of carboxylic acid groups (broad SMARTS) is 1. The largest absolute Gasteiger partial charge is 0.479 e. The number of carbonyl (C=O) groups is 2. The van der Waals surface area contributed by atoms with Crippen molar-refractivity contribution >= 4 is 11.9 Å². The molecule has 0 aliphatic carbocycles. The minimum Gasteiger partial charge on any atom is -0.479 e. The normalized spacial score (nSPS) is 13.7. The molecule has 0 heterocycles. The van der Waals surface area contributed by atoms with E-state index in [1.165, 1.54) is 11.8 Å². The van der Waals surface area contributed by atoms with E-state index in [4.69, 9.17) is 0 Å². The van der Waals surface area contributed by atoms with E-state index in [2.05, 4.69) is 0 Å². The number of amides is 1. The minimum absolute atomic E-state index is 0.227. The first-order chi connectivity index (χ1) is 8.85. The fourth-order valence-electron chi connectivity index (χ4n) is 2.41. The van der Waals surface area contributed by atoms with Crippen LogP contribution >= 0.6 is 0 Å². The van der Waals surface area contributed by atoms with E-state index >= 15 is 0 Å². The maximum atomic E-state index is 11.8. The highest BCUT2D eigenvalue weighted by atomic mass is 16.4. The summed E-state index contributed by atoms with van der Waals surface area (Å²) in [5.74, 6) is -1.24. The number of carbonyl (C=O) groups excluding carboxylic acids is 1. The quantitative estimate of drug-likeness (QED) is 0.888. The molecule has 104 valence electrons. The Hall–Kier alpha value is -1.84. The van der Waals surface area contributed by atoms with Gasteiger partial charge in [0.05, 0.1) is 0 Å². The first-order valence-corrected chi connectivity index (χ1v) is 6.43. The zero-order valence-corrected chi connectivity index (χ0v) is 11.9. The summed E-state index contributed by atoms with van der Waals surface area (Å²) < 4.78 is 0. The molecular formula is C15H21NO3. The van der Waals surface area contributed by atoms with Gasteiger partial charge in [0.1, 0.15) is 0 Å². The second-order valence-corrected chi connectivity index (χ2v) is 4.86. The summed E-state index contributed by atoms with van der Waals surface area (Å²) >= 11 is 0. The molecule has 1 atom stereocenters. The zero-order valence-electron chi connectivity index (χ0n) is 11.9. The fourth-order valence-corrected chi connectivity index (χ4v) is 2.41. The third-order valence-electron chi connectivity index (χ3n) is 3.45. The van der Waals surface area contributed by atoms with Gasteiger partial charge in [0.15, 0.2) is 5.54 Å². The Morgan fingerprint density at radius 2 is 1.89 bits per heavy atom. The minimum atomic E-state index is -1.33. The van der Waals surface area contributed by atoms with Gasteiger partial charge in [0.2, 0.25) is 5.91 Å². The molecule has 1 unspecified atom stereocenters. The van der Waals surface area contributed by atoms with Crippen LogP contribution in [-0.2, 0) is 15.1 Å². The Bertz CT molecular complexity index is 484. The van der Waals surface area contributed by atoms with Gasteiger partial charge in [-0.2, -0.15) is 0 Å². The van der Waals surface area contributed by atoms with Gasteiger partial charge in [0.25, 0.3) is 0 Å². The van der Waals surface area contributed by atoms with E-state index in [0.717, 1.165) is 5.56 Å². The van der Waals surface area contributed by atoms with Crippen molar-refractivity contribution in [3.63, 3.8) is 0 Å². The standard InChI is InChI=1S/C15H21NO3/c1-5-10-16(12(3)17)15(4,14(18)19)13-9-7-6-8-11(13)2/h6-9H,5,10H2,1-4H3,(H,18,19). The highest BCUT2D eigenvalue weighted by Crippen LogP contribution is 2.31. The monoisotopic (exact) mass is 263 g/mol. The topological polar surface area (TPSA) is 57.6 Å². The van der Waals surface area contributed by atoms with Gasteiger partial charge in [-0.3, -0.25) is 4.79 Å². The Kier molecular flexibility index (Phi) is 4.70. The first kappa shape index (κ1) is 15.2. The number of nitrogens with zero attached hydrogens (tertiary/aromatic N) is 1. The molecule has 0 saturated carbocycles. The van der Waals surface area contributed by atoms with Crippen LogP contribution in [0, 0.1) is 6.92 Å². The lowest BCUT2D eigenvalue weighted by atomic mass is 9.86. The maximum absolute atomic E-state index is 11.8. The number of aliphatic carboxylic acids is 1. The second kappa shape index (κ2) is 5.87. The van der Waals surface area contributed by atoms with Crippen LogP contribution in [-0.4, -0.2) is 28.4 Å². The number of aryl methyl sites for hydroxylation is 1. The molecule has 0 saturated heterocycles. The van der Waals surface area contributed by atoms with E-state index in [9.17, 15) is 14.7 Å². The number of hydrogen-bond donors (Lipinski definition) is 1. The van der Waals surface area contributed by atoms with E-state index in [1.54, 1.807) is 19.1 Å². The maximum Gasteiger partial charge on any atom is 0.334 e. The van der Waals surface area contributed by atoms with Gasteiger partial charge < -0.3 is 10.0 Å². The Labute approximate surface area is 114 Å². The van der Waals surface area contributed by atoms with Crippen LogP contribution in [0.3, 0.4) is 0 Å². The lowest BCUT2D eigenvalue weighted by Gasteiger charge is -2.38. The third-order valence-corrected chi connectivity index (χ3v) is 3.45. The average molecular weight is 263 g/mol. The van der Waals surface area contributed by atoms with Crippen molar-refractivity contribution in [1.29, 1.82) is 0 Å². The molecule has 4 nitrogen and oxygen atoms in total. The van der Waals surface area contributed by atoms with E-state index in [0.29, 0.717) is 18.5 Å². The highest BCUT2D eigenvalue weighted by molar-refractivity contribution is 5.87. The summed E-state index contributed by atoms with van der Waals surface area (Å²) in [5.41, 5.74) is 0.202. The molecule has 0 aliphatic heterocycles. The van der Waals surface area contributed by atoms with Crippen LogP contribution in [0.1, 0.15) is 38.3 Å². The van der Waals surface area contributed by atoms with Crippen LogP contribution < -0.4 is 0 Å². The average Bonchev–Trinajstić information content (AvgIpc) is 2.35. The molecule has 1 rings (SSSR count). The van der Waals surface area contributed by atoms with Crippen LogP contribution in [0.25, 0.3) is 0 Å². The second-order valence-electron chi connectivity index (χ2n) is 4.86. The summed E-state index contributed by atoms with van der Waals surface area (Å²) in [6.07, 6.45) is 0.717. The fraction of sp³-hybridized carbons (Fsp3) is 0.467.